The van der Waals surface area contributed by atoms with E-state index in [4.69, 9.17) is 0 Å². The molecule has 3 nitrogen and oxygen atoms in total. The smallest absolute Gasteiger partial charge is 0.132 e. The summed E-state index contributed by atoms with van der Waals surface area (Å²) in [6, 6.07) is 7.11. The van der Waals surface area contributed by atoms with E-state index in [-0.39, 0.29) is 5.82 Å². The third-order valence-corrected chi connectivity index (χ3v) is 3.66. The molecule has 2 heterocycles. The van der Waals surface area contributed by atoms with E-state index in [9.17, 15) is 4.39 Å². The van der Waals surface area contributed by atoms with Crippen LogP contribution < -0.4 is 0 Å². The first-order valence-electron chi connectivity index (χ1n) is 6.39. The van der Waals surface area contributed by atoms with Crippen LogP contribution in [0, 0.1) is 5.82 Å². The molecule has 18 heavy (non-hydrogen) atoms. The molecule has 3 rings (SSSR count). The van der Waals surface area contributed by atoms with Crippen LogP contribution in [0.4, 0.5) is 4.39 Å². The van der Waals surface area contributed by atoms with Gasteiger partial charge in [-0.3, -0.25) is 4.90 Å². The molecule has 1 aromatic carbocycles. The first-order chi connectivity index (χ1) is 8.72. The Labute approximate surface area is 106 Å². The van der Waals surface area contributed by atoms with Crippen LogP contribution in [0.5, 0.6) is 0 Å². The van der Waals surface area contributed by atoms with Crippen molar-refractivity contribution in [3.63, 3.8) is 0 Å². The van der Waals surface area contributed by atoms with E-state index in [1.54, 1.807) is 6.07 Å². The van der Waals surface area contributed by atoms with Gasteiger partial charge in [0.15, 0.2) is 0 Å². The fraction of sp³-hybridized carbons (Fsp3) is 0.429. The van der Waals surface area contributed by atoms with Crippen molar-refractivity contribution in [3.05, 3.63) is 35.8 Å². The molecule has 0 radical (unpaired) electrons. The molecule has 0 unspecified atom stereocenters. The molecule has 1 aliphatic heterocycles. The number of piperazine rings is 1. The average Bonchev–Trinajstić information content (AvgIpc) is 2.76. The van der Waals surface area contributed by atoms with Gasteiger partial charge in [0.1, 0.15) is 5.82 Å². The summed E-state index contributed by atoms with van der Waals surface area (Å²) in [4.78, 5) is 8.04. The van der Waals surface area contributed by atoms with Crippen molar-refractivity contribution in [2.45, 2.75) is 6.54 Å². The zero-order chi connectivity index (χ0) is 12.5. The Hall–Kier alpha value is -1.39. The van der Waals surface area contributed by atoms with E-state index in [1.165, 1.54) is 6.07 Å². The Morgan fingerprint density at radius 1 is 1.22 bits per heavy atom. The maximum Gasteiger partial charge on any atom is 0.132 e. The van der Waals surface area contributed by atoms with Crippen LogP contribution in [0.1, 0.15) is 5.69 Å². The third-order valence-electron chi connectivity index (χ3n) is 3.66. The molecule has 0 spiro atoms. The number of aromatic amines is 1. The van der Waals surface area contributed by atoms with Gasteiger partial charge in [0.2, 0.25) is 0 Å². The van der Waals surface area contributed by atoms with Gasteiger partial charge in [0, 0.05) is 49.3 Å². The minimum atomic E-state index is -0.145. The van der Waals surface area contributed by atoms with Crippen LogP contribution >= 0.6 is 0 Å². The number of likely N-dealkylation sites (N-methyl/N-ethyl adjacent to an activating group) is 1. The number of halogens is 1. The van der Waals surface area contributed by atoms with Gasteiger partial charge in [-0.15, -0.1) is 0 Å². The van der Waals surface area contributed by atoms with Gasteiger partial charge in [-0.05, 0) is 25.2 Å². The molecular weight excluding hydrogens is 229 g/mol. The largest absolute Gasteiger partial charge is 0.357 e. The number of aromatic nitrogens is 1. The predicted molar refractivity (Wildman–Crippen MR) is 71.0 cm³/mol. The molecule has 1 fully saturated rings. The van der Waals surface area contributed by atoms with Gasteiger partial charge in [0.25, 0.3) is 0 Å². The van der Waals surface area contributed by atoms with Crippen LogP contribution in [0.15, 0.2) is 24.3 Å². The predicted octanol–water partition coefficient (Wildman–Crippen LogP) is 2.05. The van der Waals surface area contributed by atoms with Crippen LogP contribution in [-0.4, -0.2) is 48.0 Å². The van der Waals surface area contributed by atoms with Crippen molar-refractivity contribution in [3.8, 4) is 0 Å². The lowest BCUT2D eigenvalue weighted by Gasteiger charge is -2.31. The Bertz CT molecular complexity index is 541. The van der Waals surface area contributed by atoms with Crippen molar-refractivity contribution < 1.29 is 4.39 Å². The lowest BCUT2D eigenvalue weighted by molar-refractivity contribution is 0.147. The monoisotopic (exact) mass is 247 g/mol. The number of rotatable bonds is 2. The number of H-pyrrole nitrogens is 1. The fourth-order valence-electron chi connectivity index (χ4n) is 2.51. The molecule has 1 saturated heterocycles. The van der Waals surface area contributed by atoms with Gasteiger partial charge in [-0.2, -0.15) is 0 Å². The highest BCUT2D eigenvalue weighted by molar-refractivity contribution is 5.80. The lowest BCUT2D eigenvalue weighted by Crippen LogP contribution is -2.43. The van der Waals surface area contributed by atoms with Gasteiger partial charge in [0.05, 0.1) is 0 Å². The lowest BCUT2D eigenvalue weighted by atomic mass is 10.2. The third kappa shape index (κ3) is 2.26. The van der Waals surface area contributed by atoms with Crippen molar-refractivity contribution >= 4 is 10.9 Å². The fourth-order valence-corrected chi connectivity index (χ4v) is 2.51. The first-order valence-corrected chi connectivity index (χ1v) is 6.39. The van der Waals surface area contributed by atoms with Gasteiger partial charge in [-0.25, -0.2) is 4.39 Å². The van der Waals surface area contributed by atoms with E-state index in [0.29, 0.717) is 5.39 Å². The molecule has 96 valence electrons. The van der Waals surface area contributed by atoms with Crippen molar-refractivity contribution in [1.29, 1.82) is 0 Å². The summed E-state index contributed by atoms with van der Waals surface area (Å²) in [6.45, 7) is 5.24. The molecule has 1 aromatic heterocycles. The Balaban J connectivity index is 1.77. The summed E-state index contributed by atoms with van der Waals surface area (Å²) in [7, 11) is 2.15. The molecule has 0 saturated carbocycles. The molecule has 4 heteroatoms. The van der Waals surface area contributed by atoms with Crippen molar-refractivity contribution in [1.82, 2.24) is 14.8 Å². The summed E-state index contributed by atoms with van der Waals surface area (Å²) in [5.41, 5.74) is 1.98. The Morgan fingerprint density at radius 2 is 2.00 bits per heavy atom. The normalized spacial score (nSPS) is 18.6. The highest BCUT2D eigenvalue weighted by Crippen LogP contribution is 2.19. The standard InChI is InChI=1S/C14H18FN3/c1-17-5-7-18(8-6-17)10-11-9-12-13(15)3-2-4-14(12)16-11/h2-4,9,16H,5-8,10H2,1H3. The second-order valence-corrected chi connectivity index (χ2v) is 5.08. The Morgan fingerprint density at radius 3 is 2.72 bits per heavy atom. The van der Waals surface area contributed by atoms with E-state index < -0.39 is 0 Å². The van der Waals surface area contributed by atoms with Crippen LogP contribution in [0.3, 0.4) is 0 Å². The summed E-state index contributed by atoms with van der Waals surface area (Å²) in [5.74, 6) is -0.145. The first kappa shape index (κ1) is 11.7. The van der Waals surface area contributed by atoms with Gasteiger partial charge in [-0.1, -0.05) is 6.07 Å². The number of nitrogens with zero attached hydrogens (tertiary/aromatic N) is 2. The van der Waals surface area contributed by atoms with Gasteiger partial charge >= 0.3 is 0 Å². The maximum atomic E-state index is 13.6. The molecule has 0 aliphatic carbocycles. The van der Waals surface area contributed by atoms with Crippen molar-refractivity contribution in [2.75, 3.05) is 33.2 Å². The highest BCUT2D eigenvalue weighted by atomic mass is 19.1. The molecule has 0 amide bonds. The van der Waals surface area contributed by atoms with E-state index in [2.05, 4.69) is 21.8 Å². The number of hydrogen-bond acceptors (Lipinski definition) is 2. The van der Waals surface area contributed by atoms with Crippen molar-refractivity contribution in [2.24, 2.45) is 0 Å². The quantitative estimate of drug-likeness (QED) is 0.877. The number of fused-ring (bicyclic) bond motifs is 1. The van der Waals surface area contributed by atoms with E-state index in [0.717, 1.165) is 43.9 Å². The SMILES string of the molecule is CN1CCN(Cc2cc3c(F)cccc3[nH]2)CC1. The molecule has 2 aromatic rings. The second-order valence-electron chi connectivity index (χ2n) is 5.08. The van der Waals surface area contributed by atoms with Crippen LogP contribution in [0.2, 0.25) is 0 Å². The number of nitrogens with one attached hydrogen (secondary N) is 1. The zero-order valence-corrected chi connectivity index (χ0v) is 10.6. The summed E-state index contributed by atoms with van der Waals surface area (Å²) < 4.78 is 13.6. The average molecular weight is 247 g/mol. The molecular formula is C14H18FN3. The van der Waals surface area contributed by atoms with E-state index >= 15 is 0 Å². The molecule has 1 N–H and O–H groups in total. The molecule has 0 atom stereocenters. The summed E-state index contributed by atoms with van der Waals surface area (Å²) >= 11 is 0. The minimum Gasteiger partial charge on any atom is -0.357 e. The van der Waals surface area contributed by atoms with Gasteiger partial charge < -0.3 is 9.88 Å². The molecule has 0 bridgehead atoms. The molecule has 1 aliphatic rings. The Kier molecular flexibility index (Phi) is 3.06. The number of hydrogen-bond donors (Lipinski definition) is 1. The highest BCUT2D eigenvalue weighted by Gasteiger charge is 2.15. The zero-order valence-electron chi connectivity index (χ0n) is 10.6. The maximum absolute atomic E-state index is 13.6. The summed E-state index contributed by atoms with van der Waals surface area (Å²) in [5, 5.41) is 0.696. The topological polar surface area (TPSA) is 22.3 Å². The second kappa shape index (κ2) is 4.71. The number of benzene rings is 1. The summed E-state index contributed by atoms with van der Waals surface area (Å²) in [6.07, 6.45) is 0. The van der Waals surface area contributed by atoms with E-state index in [1.807, 2.05) is 12.1 Å². The van der Waals surface area contributed by atoms with Crippen LogP contribution in [0.25, 0.3) is 10.9 Å². The minimum absolute atomic E-state index is 0.145. The van der Waals surface area contributed by atoms with Crippen LogP contribution in [-0.2, 0) is 6.54 Å².